The number of carbonyl (C=O) groups excluding carboxylic acids is 1. The van der Waals surface area contributed by atoms with Crippen LogP contribution in [0, 0.1) is 13.8 Å². The van der Waals surface area contributed by atoms with Gasteiger partial charge in [-0.3, -0.25) is 0 Å². The number of aryl methyl sites for hydroxylation is 3. The molecular formula is C17H26O4. The molecule has 4 nitrogen and oxygen atoms in total. The van der Waals surface area contributed by atoms with Crippen molar-refractivity contribution in [3.63, 3.8) is 0 Å². The highest BCUT2D eigenvalue weighted by atomic mass is 16.6. The topological polar surface area (TPSA) is 55.8 Å². The summed E-state index contributed by atoms with van der Waals surface area (Å²) < 4.78 is 11.0. The second-order valence-electron chi connectivity index (χ2n) is 5.72. The zero-order valence-corrected chi connectivity index (χ0v) is 13.7. The SMILES string of the molecule is CCOC(=O)C(C)(C)Oc1c(C)cc(CCCO)cc1C. The highest BCUT2D eigenvalue weighted by molar-refractivity contribution is 5.79. The molecule has 1 N–H and O–H groups in total. The molecule has 118 valence electrons. The van der Waals surface area contributed by atoms with E-state index in [0.29, 0.717) is 6.61 Å². The minimum absolute atomic E-state index is 0.187. The first kappa shape index (κ1) is 17.5. The van der Waals surface area contributed by atoms with Gasteiger partial charge in [0.15, 0.2) is 5.60 Å². The molecule has 1 aromatic carbocycles. The van der Waals surface area contributed by atoms with Crippen molar-refractivity contribution in [2.45, 2.75) is 53.1 Å². The van der Waals surface area contributed by atoms with Crippen molar-refractivity contribution in [2.24, 2.45) is 0 Å². The summed E-state index contributed by atoms with van der Waals surface area (Å²) in [7, 11) is 0. The fourth-order valence-electron chi connectivity index (χ4n) is 2.23. The molecule has 4 heteroatoms. The molecule has 1 rings (SSSR count). The minimum Gasteiger partial charge on any atom is -0.476 e. The second kappa shape index (κ2) is 7.46. The molecule has 0 spiro atoms. The molecule has 0 saturated carbocycles. The first-order valence-electron chi connectivity index (χ1n) is 7.39. The van der Waals surface area contributed by atoms with Crippen LogP contribution in [0.2, 0.25) is 0 Å². The standard InChI is InChI=1S/C17H26O4/c1-6-20-16(19)17(4,5)21-15-12(2)10-14(8-7-9-18)11-13(15)3/h10-11,18H,6-9H2,1-5H3. The van der Waals surface area contributed by atoms with Crippen LogP contribution in [0.3, 0.4) is 0 Å². The number of hydrogen-bond acceptors (Lipinski definition) is 4. The van der Waals surface area contributed by atoms with E-state index in [9.17, 15) is 4.79 Å². The smallest absolute Gasteiger partial charge is 0.349 e. The van der Waals surface area contributed by atoms with Crippen LogP contribution in [0.5, 0.6) is 5.75 Å². The predicted molar refractivity (Wildman–Crippen MR) is 82.7 cm³/mol. The van der Waals surface area contributed by atoms with E-state index >= 15 is 0 Å². The average Bonchev–Trinajstić information content (AvgIpc) is 2.41. The van der Waals surface area contributed by atoms with Crippen LogP contribution in [-0.4, -0.2) is 29.9 Å². The van der Waals surface area contributed by atoms with Gasteiger partial charge >= 0.3 is 5.97 Å². The third kappa shape index (κ3) is 4.74. The highest BCUT2D eigenvalue weighted by Gasteiger charge is 2.32. The Morgan fingerprint density at radius 2 is 1.81 bits per heavy atom. The number of esters is 1. The summed E-state index contributed by atoms with van der Waals surface area (Å²) in [6.07, 6.45) is 1.58. The van der Waals surface area contributed by atoms with Crippen molar-refractivity contribution in [1.82, 2.24) is 0 Å². The summed E-state index contributed by atoms with van der Waals surface area (Å²) in [6.45, 7) is 9.65. The fraction of sp³-hybridized carbons (Fsp3) is 0.588. The van der Waals surface area contributed by atoms with Gasteiger partial charge in [0.1, 0.15) is 5.75 Å². The largest absolute Gasteiger partial charge is 0.476 e. The Bertz CT molecular complexity index is 469. The number of ether oxygens (including phenoxy) is 2. The van der Waals surface area contributed by atoms with Crippen molar-refractivity contribution in [2.75, 3.05) is 13.2 Å². The van der Waals surface area contributed by atoms with E-state index in [4.69, 9.17) is 14.6 Å². The van der Waals surface area contributed by atoms with Crippen LogP contribution in [0.1, 0.15) is 43.9 Å². The van der Waals surface area contributed by atoms with Crippen molar-refractivity contribution in [3.05, 3.63) is 28.8 Å². The third-order valence-corrected chi connectivity index (χ3v) is 3.27. The molecular weight excluding hydrogens is 268 g/mol. The van der Waals surface area contributed by atoms with E-state index in [-0.39, 0.29) is 12.6 Å². The Kier molecular flexibility index (Phi) is 6.21. The molecule has 0 fully saturated rings. The van der Waals surface area contributed by atoms with Gasteiger partial charge in [0.25, 0.3) is 0 Å². The van der Waals surface area contributed by atoms with Crippen LogP contribution >= 0.6 is 0 Å². The Labute approximate surface area is 127 Å². The van der Waals surface area contributed by atoms with Gasteiger partial charge in [0, 0.05) is 6.61 Å². The molecule has 0 atom stereocenters. The van der Waals surface area contributed by atoms with Crippen LogP contribution < -0.4 is 4.74 Å². The van der Waals surface area contributed by atoms with Gasteiger partial charge in [-0.25, -0.2) is 4.79 Å². The predicted octanol–water partition coefficient (Wildman–Crippen LogP) is 2.95. The molecule has 0 aromatic heterocycles. The van der Waals surface area contributed by atoms with Crippen LogP contribution in [0.25, 0.3) is 0 Å². The maximum absolute atomic E-state index is 11.9. The van der Waals surface area contributed by atoms with Gasteiger partial charge in [-0.2, -0.15) is 0 Å². The summed E-state index contributed by atoms with van der Waals surface area (Å²) in [4.78, 5) is 11.9. The Morgan fingerprint density at radius 3 is 2.29 bits per heavy atom. The fourth-order valence-corrected chi connectivity index (χ4v) is 2.23. The number of hydrogen-bond donors (Lipinski definition) is 1. The lowest BCUT2D eigenvalue weighted by Gasteiger charge is -2.26. The number of benzene rings is 1. The molecule has 0 aliphatic rings. The van der Waals surface area contributed by atoms with Crippen LogP contribution in [-0.2, 0) is 16.0 Å². The van der Waals surface area contributed by atoms with E-state index in [1.54, 1.807) is 20.8 Å². The van der Waals surface area contributed by atoms with E-state index in [2.05, 4.69) is 0 Å². The van der Waals surface area contributed by atoms with E-state index in [1.165, 1.54) is 5.56 Å². The molecule has 0 amide bonds. The monoisotopic (exact) mass is 294 g/mol. The van der Waals surface area contributed by atoms with Gasteiger partial charge in [-0.15, -0.1) is 0 Å². The first-order chi connectivity index (χ1) is 9.81. The van der Waals surface area contributed by atoms with Crippen molar-refractivity contribution < 1.29 is 19.4 Å². The lowest BCUT2D eigenvalue weighted by molar-refractivity contribution is -0.158. The molecule has 0 radical (unpaired) electrons. The highest BCUT2D eigenvalue weighted by Crippen LogP contribution is 2.29. The zero-order chi connectivity index (χ0) is 16.0. The molecule has 0 unspecified atom stereocenters. The molecule has 0 aliphatic heterocycles. The number of aliphatic hydroxyl groups is 1. The van der Waals surface area contributed by atoms with E-state index in [0.717, 1.165) is 29.7 Å². The summed E-state index contributed by atoms with van der Waals surface area (Å²) in [6, 6.07) is 4.08. The van der Waals surface area contributed by atoms with Crippen LogP contribution in [0.15, 0.2) is 12.1 Å². The lowest BCUT2D eigenvalue weighted by Crippen LogP contribution is -2.40. The summed E-state index contributed by atoms with van der Waals surface area (Å²) in [5.41, 5.74) is 2.12. The van der Waals surface area contributed by atoms with E-state index < -0.39 is 5.60 Å². The maximum Gasteiger partial charge on any atom is 0.349 e. The number of rotatable bonds is 7. The Morgan fingerprint density at radius 1 is 1.24 bits per heavy atom. The number of carbonyl (C=O) groups is 1. The quantitative estimate of drug-likeness (QED) is 0.786. The van der Waals surface area contributed by atoms with Gasteiger partial charge in [0.05, 0.1) is 6.61 Å². The summed E-state index contributed by atoms with van der Waals surface area (Å²) in [5.74, 6) is 0.356. The molecule has 21 heavy (non-hydrogen) atoms. The van der Waals surface area contributed by atoms with Crippen molar-refractivity contribution in [3.8, 4) is 5.75 Å². The number of aliphatic hydroxyl groups excluding tert-OH is 1. The van der Waals surface area contributed by atoms with Crippen LogP contribution in [0.4, 0.5) is 0 Å². The zero-order valence-electron chi connectivity index (χ0n) is 13.7. The second-order valence-corrected chi connectivity index (χ2v) is 5.72. The maximum atomic E-state index is 11.9. The van der Waals surface area contributed by atoms with Gasteiger partial charge in [-0.1, -0.05) is 12.1 Å². The van der Waals surface area contributed by atoms with E-state index in [1.807, 2.05) is 26.0 Å². The van der Waals surface area contributed by atoms with Gasteiger partial charge in [-0.05, 0) is 64.2 Å². The van der Waals surface area contributed by atoms with Gasteiger partial charge in [0.2, 0.25) is 0 Å². The third-order valence-electron chi connectivity index (χ3n) is 3.27. The molecule has 0 heterocycles. The Balaban J connectivity index is 2.96. The summed E-state index contributed by atoms with van der Waals surface area (Å²) in [5, 5.41) is 8.91. The minimum atomic E-state index is -1.02. The van der Waals surface area contributed by atoms with Crippen molar-refractivity contribution in [1.29, 1.82) is 0 Å². The lowest BCUT2D eigenvalue weighted by atomic mass is 10.0. The Hall–Kier alpha value is -1.55. The summed E-state index contributed by atoms with van der Waals surface area (Å²) >= 11 is 0. The molecule has 1 aromatic rings. The first-order valence-corrected chi connectivity index (χ1v) is 7.39. The van der Waals surface area contributed by atoms with Gasteiger partial charge < -0.3 is 14.6 Å². The van der Waals surface area contributed by atoms with Crippen molar-refractivity contribution >= 4 is 5.97 Å². The molecule has 0 saturated heterocycles. The molecule has 0 bridgehead atoms. The normalized spacial score (nSPS) is 11.3. The average molecular weight is 294 g/mol. The molecule has 0 aliphatic carbocycles.